The van der Waals surface area contributed by atoms with Crippen LogP contribution in [-0.4, -0.2) is 92.2 Å². The molecule has 0 saturated carbocycles. The number of hydrogen-bond donors (Lipinski definition) is 4. The van der Waals surface area contributed by atoms with E-state index >= 15 is 0 Å². The maximum atomic E-state index is 12.0. The van der Waals surface area contributed by atoms with Gasteiger partial charge in [0.1, 0.15) is 6.54 Å². The Morgan fingerprint density at radius 1 is 0.724 bits per heavy atom. The van der Waals surface area contributed by atoms with E-state index < -0.39 is 62.8 Å². The quantitative estimate of drug-likeness (QED) is 0.0840. The summed E-state index contributed by atoms with van der Waals surface area (Å²) in [6.07, 6.45) is 10.9. The highest BCUT2D eigenvalue weighted by Crippen LogP contribution is 2.49. The molecule has 0 spiro atoms. The molecule has 2 aliphatic heterocycles. The summed E-state index contributed by atoms with van der Waals surface area (Å²) in [5.41, 5.74) is 4.44. The van der Waals surface area contributed by atoms with Crippen LogP contribution in [0.5, 0.6) is 0 Å². The molecule has 0 amide bonds. The maximum absolute atomic E-state index is 12.0. The molecular weight excluding hydrogens is 856 g/mol. The van der Waals surface area contributed by atoms with E-state index in [0.717, 1.165) is 29.0 Å². The molecule has 0 saturated heterocycles. The number of allylic oxidation sites excluding steroid dienone is 8. The van der Waals surface area contributed by atoms with Gasteiger partial charge in [-0.05, 0) is 105 Å². The van der Waals surface area contributed by atoms with Crippen molar-refractivity contribution < 1.29 is 61.9 Å². The number of nitrogens with zero attached hydrogens (tertiary/aromatic N) is 2. The molecule has 58 heavy (non-hydrogen) atoms. The lowest BCUT2D eigenvalue weighted by Crippen LogP contribution is -2.28. The summed E-state index contributed by atoms with van der Waals surface area (Å²) in [6, 6.07) is 8.70. The lowest BCUT2D eigenvalue weighted by molar-refractivity contribution is -0.438. The van der Waals surface area contributed by atoms with Crippen LogP contribution < -0.4 is 4.90 Å². The van der Waals surface area contributed by atoms with Crippen molar-refractivity contribution in [1.29, 1.82) is 0 Å². The normalized spacial score (nSPS) is 19.6. The van der Waals surface area contributed by atoms with Gasteiger partial charge in [0.25, 0.3) is 40.5 Å². The molecule has 0 aromatic heterocycles. The van der Waals surface area contributed by atoms with Gasteiger partial charge in [0.05, 0.1) is 26.7 Å². The minimum Gasteiger partial charge on any atom is -0.870 e. The van der Waals surface area contributed by atoms with Gasteiger partial charge >= 0.3 is 0 Å². The zero-order valence-electron chi connectivity index (χ0n) is 32.5. The first kappa shape index (κ1) is 47.4. The number of benzene rings is 2. The highest BCUT2D eigenvalue weighted by atomic mass is 35.5. The van der Waals surface area contributed by atoms with Crippen LogP contribution in [-0.2, 0) is 51.3 Å². The Morgan fingerprint density at radius 2 is 1.29 bits per heavy atom. The van der Waals surface area contributed by atoms with Crippen LogP contribution in [0.1, 0.15) is 83.8 Å². The molecular formula is C38H49ClN2O13S4. The van der Waals surface area contributed by atoms with Crippen molar-refractivity contribution in [3.8, 4) is 0 Å². The molecule has 5 N–H and O–H groups in total. The Balaban J connectivity index is 0.00000744. The SMILES string of the molecule is CC1(C)C(=CC=C2CCCC(C=CC3=[N+](CCCCS(=O)(=O)O)c4ccc(S(=O)(=O)O)cc4C3(C)C)=C2Cl)N(CCCCS(=O)(=O)O)c2ccc(S(=O)(=O)O)cc21.[OH-]. The highest BCUT2D eigenvalue weighted by molar-refractivity contribution is 7.86. The molecule has 5 rings (SSSR count). The first-order valence-corrected chi connectivity index (χ1v) is 24.7. The van der Waals surface area contributed by atoms with Crippen molar-refractivity contribution in [3.05, 3.63) is 93.7 Å². The molecule has 3 aliphatic rings. The Bertz CT molecular complexity index is 2570. The Labute approximate surface area is 345 Å². The molecule has 0 radical (unpaired) electrons. The number of rotatable bonds is 15. The number of hydrogen-bond acceptors (Lipinski definition) is 10. The molecule has 0 atom stereocenters. The molecule has 20 heteroatoms. The second kappa shape index (κ2) is 17.4. The van der Waals surface area contributed by atoms with E-state index in [1.54, 1.807) is 12.1 Å². The molecule has 2 aromatic carbocycles. The zero-order valence-corrected chi connectivity index (χ0v) is 36.5. The number of unbranched alkanes of at least 4 members (excludes halogenated alkanes) is 2. The summed E-state index contributed by atoms with van der Waals surface area (Å²) in [5, 5.41) is 0.526. The van der Waals surface area contributed by atoms with Gasteiger partial charge in [-0.2, -0.15) is 38.2 Å². The maximum Gasteiger partial charge on any atom is 0.294 e. The Hall–Kier alpha value is -3.24. The molecule has 0 fully saturated rings. The average Bonchev–Trinajstić information content (AvgIpc) is 3.43. The lowest BCUT2D eigenvalue weighted by Gasteiger charge is -2.27. The van der Waals surface area contributed by atoms with Crippen molar-refractivity contribution in [2.45, 2.75) is 93.3 Å². The monoisotopic (exact) mass is 904 g/mol. The first-order valence-electron chi connectivity index (χ1n) is 18.3. The molecule has 15 nitrogen and oxygen atoms in total. The second-order valence-corrected chi connectivity index (χ2v) is 21.9. The summed E-state index contributed by atoms with van der Waals surface area (Å²) in [4.78, 5) is 1.47. The highest BCUT2D eigenvalue weighted by Gasteiger charge is 2.45. The number of anilines is 1. The summed E-state index contributed by atoms with van der Waals surface area (Å²) in [6.45, 7) is 8.39. The van der Waals surface area contributed by atoms with E-state index in [2.05, 4.69) is 0 Å². The van der Waals surface area contributed by atoms with Crippen molar-refractivity contribution in [2.24, 2.45) is 0 Å². The van der Waals surface area contributed by atoms with Crippen molar-refractivity contribution in [1.82, 2.24) is 0 Å². The molecule has 0 bridgehead atoms. The Morgan fingerprint density at radius 3 is 1.88 bits per heavy atom. The number of fused-ring (bicyclic) bond motifs is 2. The fourth-order valence-electron chi connectivity index (χ4n) is 7.79. The van der Waals surface area contributed by atoms with Crippen LogP contribution in [0.2, 0.25) is 0 Å². The minimum absolute atomic E-state index is 0. The van der Waals surface area contributed by atoms with Gasteiger partial charge in [0, 0.05) is 52.5 Å². The van der Waals surface area contributed by atoms with Crippen molar-refractivity contribution in [2.75, 3.05) is 29.5 Å². The smallest absolute Gasteiger partial charge is 0.294 e. The van der Waals surface area contributed by atoms with E-state index in [1.807, 2.05) is 61.5 Å². The van der Waals surface area contributed by atoms with E-state index in [0.29, 0.717) is 66.3 Å². The topological polar surface area (TPSA) is 254 Å². The van der Waals surface area contributed by atoms with Gasteiger partial charge in [-0.15, -0.1) is 0 Å². The fraction of sp³-hybridized carbons (Fsp3) is 0.447. The van der Waals surface area contributed by atoms with Crippen LogP contribution in [0.15, 0.2) is 92.4 Å². The Kier molecular flexibility index (Phi) is 14.2. The lowest BCUT2D eigenvalue weighted by atomic mass is 9.81. The first-order chi connectivity index (χ1) is 26.2. The summed E-state index contributed by atoms with van der Waals surface area (Å²) in [5.74, 6) is -0.809. The minimum atomic E-state index is -4.49. The van der Waals surface area contributed by atoms with Crippen LogP contribution in [0.4, 0.5) is 11.4 Å². The second-order valence-electron chi connectivity index (χ2n) is 15.5. The van der Waals surface area contributed by atoms with E-state index in [9.17, 15) is 51.9 Å². The predicted molar refractivity (Wildman–Crippen MR) is 221 cm³/mol. The molecule has 1 aliphatic carbocycles. The predicted octanol–water partition coefficient (Wildman–Crippen LogP) is 6.56. The van der Waals surface area contributed by atoms with Gasteiger partial charge in [-0.3, -0.25) is 18.2 Å². The van der Waals surface area contributed by atoms with E-state index in [-0.39, 0.29) is 28.1 Å². The van der Waals surface area contributed by atoms with Gasteiger partial charge < -0.3 is 10.4 Å². The van der Waals surface area contributed by atoms with Crippen molar-refractivity contribution in [3.63, 3.8) is 0 Å². The van der Waals surface area contributed by atoms with Crippen LogP contribution in [0.3, 0.4) is 0 Å². The molecule has 0 unspecified atom stereocenters. The van der Waals surface area contributed by atoms with Crippen LogP contribution >= 0.6 is 11.6 Å². The summed E-state index contributed by atoms with van der Waals surface area (Å²) >= 11 is 7.09. The molecule has 320 valence electrons. The summed E-state index contributed by atoms with van der Waals surface area (Å²) < 4.78 is 134. The van der Waals surface area contributed by atoms with Crippen LogP contribution in [0, 0.1) is 0 Å². The van der Waals surface area contributed by atoms with Gasteiger partial charge in [0.15, 0.2) is 5.71 Å². The molecule has 2 heterocycles. The van der Waals surface area contributed by atoms with E-state index in [4.69, 9.17) is 11.6 Å². The van der Waals surface area contributed by atoms with Gasteiger partial charge in [-0.1, -0.05) is 37.6 Å². The van der Waals surface area contributed by atoms with Gasteiger partial charge in [-0.25, -0.2) is 0 Å². The third-order valence-electron chi connectivity index (χ3n) is 10.7. The van der Waals surface area contributed by atoms with Gasteiger partial charge in [0.2, 0.25) is 5.69 Å². The van der Waals surface area contributed by atoms with E-state index in [1.165, 1.54) is 24.3 Å². The number of halogens is 1. The summed E-state index contributed by atoms with van der Waals surface area (Å²) in [7, 11) is -17.3. The third kappa shape index (κ3) is 10.7. The van der Waals surface area contributed by atoms with Crippen LogP contribution in [0.25, 0.3) is 0 Å². The fourth-order valence-corrected chi connectivity index (χ4v) is 10.3. The largest absolute Gasteiger partial charge is 0.870 e. The van der Waals surface area contributed by atoms with Crippen molar-refractivity contribution >= 4 is 69.2 Å². The zero-order chi connectivity index (χ0) is 42.4. The molecule has 2 aromatic rings. The standard InChI is InChI=1S/C38H47ClN2O12S4.H2O/c1-37(2)30-24-28(56(48,49)50)14-16-32(30)40(20-5-7-22-54(42,43)44)34(37)18-12-26-10-9-11-27(36(26)39)13-19-35-38(3,4)31-25-29(57(51,52)53)15-17-33(31)41(35)21-6-8-23-55(45,46)47;/h12-19,24-25H,5-11,20-23H2,1-4H3,(H3-,42,43,44,45,46,47,48,49,50,51,52,53);1H2. The third-order valence-corrected chi connectivity index (χ3v) is 14.5. The average molecular weight is 906 g/mol.